The van der Waals surface area contributed by atoms with Crippen LogP contribution in [-0.2, 0) is 11.3 Å². The van der Waals surface area contributed by atoms with Crippen LogP contribution in [0.15, 0.2) is 0 Å². The van der Waals surface area contributed by atoms with Gasteiger partial charge in [0.15, 0.2) is 0 Å². The number of thiazole rings is 1. The van der Waals surface area contributed by atoms with Crippen molar-refractivity contribution in [3.63, 3.8) is 0 Å². The Labute approximate surface area is 121 Å². The van der Waals surface area contributed by atoms with Crippen molar-refractivity contribution in [1.29, 1.82) is 0 Å². The number of carboxylic acids is 1. The van der Waals surface area contributed by atoms with Crippen molar-refractivity contribution in [3.05, 3.63) is 15.6 Å². The Bertz CT molecular complexity index is 521. The molecule has 20 heavy (non-hydrogen) atoms. The highest BCUT2D eigenvalue weighted by molar-refractivity contribution is 7.13. The minimum absolute atomic E-state index is 0.0538. The Kier molecular flexibility index (Phi) is 4.39. The van der Waals surface area contributed by atoms with Crippen LogP contribution in [0.2, 0.25) is 0 Å². The van der Waals surface area contributed by atoms with Crippen LogP contribution in [0.25, 0.3) is 0 Å². The first-order valence-electron chi connectivity index (χ1n) is 6.65. The molecule has 1 amide bonds. The number of rotatable bonds is 4. The molecule has 2 rings (SSSR count). The van der Waals surface area contributed by atoms with Crippen LogP contribution in [0.4, 0.5) is 0 Å². The van der Waals surface area contributed by atoms with Crippen LogP contribution in [0, 0.1) is 6.92 Å². The summed E-state index contributed by atoms with van der Waals surface area (Å²) in [4.78, 5) is 27.6. The summed E-state index contributed by atoms with van der Waals surface area (Å²) >= 11 is 1.11. The highest BCUT2D eigenvalue weighted by Gasteiger charge is 2.34. The molecule has 1 aromatic rings. The van der Waals surface area contributed by atoms with Crippen molar-refractivity contribution in [2.75, 3.05) is 6.54 Å². The topological polar surface area (TPSA) is 91.3 Å². The quantitative estimate of drug-likeness (QED) is 0.779. The summed E-state index contributed by atoms with van der Waals surface area (Å²) < 4.78 is 0. The molecule has 0 bridgehead atoms. The third-order valence-corrected chi connectivity index (χ3v) is 4.70. The highest BCUT2D eigenvalue weighted by Crippen LogP contribution is 2.20. The normalized spacial score (nSPS) is 22.5. The van der Waals surface area contributed by atoms with Crippen molar-refractivity contribution in [3.8, 4) is 0 Å². The zero-order valence-electron chi connectivity index (χ0n) is 11.7. The zero-order chi connectivity index (χ0) is 14.8. The fourth-order valence-electron chi connectivity index (χ4n) is 2.33. The number of nitrogens with zero attached hydrogens (tertiary/aromatic N) is 1. The average Bonchev–Trinajstić information content (AvgIpc) is 2.78. The molecule has 1 aromatic heterocycles. The first-order chi connectivity index (χ1) is 9.42. The lowest BCUT2D eigenvalue weighted by Crippen LogP contribution is -2.56. The summed E-state index contributed by atoms with van der Waals surface area (Å²) in [5, 5.41) is 15.7. The van der Waals surface area contributed by atoms with Gasteiger partial charge in [-0.15, -0.1) is 11.3 Å². The van der Waals surface area contributed by atoms with E-state index in [9.17, 15) is 9.59 Å². The summed E-state index contributed by atoms with van der Waals surface area (Å²) in [6, 6.07) is 0. The van der Waals surface area contributed by atoms with E-state index in [1.807, 2.05) is 6.92 Å². The number of hydrogen-bond acceptors (Lipinski definition) is 5. The summed E-state index contributed by atoms with van der Waals surface area (Å²) in [5.41, 5.74) is -0.0334. The van der Waals surface area contributed by atoms with Gasteiger partial charge < -0.3 is 15.7 Å². The van der Waals surface area contributed by atoms with Crippen LogP contribution < -0.4 is 10.6 Å². The number of hydrogen-bond donors (Lipinski definition) is 3. The van der Waals surface area contributed by atoms with Crippen molar-refractivity contribution in [2.45, 2.75) is 45.2 Å². The zero-order valence-corrected chi connectivity index (χ0v) is 12.5. The number of nitrogens with one attached hydrogen (secondary N) is 2. The van der Waals surface area contributed by atoms with E-state index in [-0.39, 0.29) is 17.3 Å². The predicted octanol–water partition coefficient (Wildman–Crippen LogP) is 1.30. The van der Waals surface area contributed by atoms with Crippen molar-refractivity contribution in [2.24, 2.45) is 0 Å². The molecule has 1 unspecified atom stereocenters. The predicted molar refractivity (Wildman–Crippen MR) is 75.9 cm³/mol. The van der Waals surface area contributed by atoms with E-state index in [2.05, 4.69) is 15.6 Å². The van der Waals surface area contributed by atoms with E-state index in [0.717, 1.165) is 37.1 Å². The Balaban J connectivity index is 1.96. The number of amides is 1. The van der Waals surface area contributed by atoms with E-state index in [4.69, 9.17) is 5.11 Å². The summed E-state index contributed by atoms with van der Waals surface area (Å²) in [7, 11) is 0. The molecule has 0 aromatic carbocycles. The molecule has 0 saturated carbocycles. The lowest BCUT2D eigenvalue weighted by Gasteiger charge is -2.33. The van der Waals surface area contributed by atoms with Gasteiger partial charge in [-0.05, 0) is 39.7 Å². The van der Waals surface area contributed by atoms with Gasteiger partial charge in [0.1, 0.15) is 9.88 Å². The van der Waals surface area contributed by atoms with Gasteiger partial charge >= 0.3 is 5.97 Å². The molecular weight excluding hydrogens is 278 g/mol. The van der Waals surface area contributed by atoms with Gasteiger partial charge in [-0.3, -0.25) is 4.79 Å². The van der Waals surface area contributed by atoms with E-state index < -0.39 is 11.5 Å². The molecule has 110 valence electrons. The molecule has 7 heteroatoms. The number of piperidine rings is 1. The Morgan fingerprint density at radius 1 is 1.50 bits per heavy atom. The standard InChI is InChI=1S/C13H19N3O3S/c1-8-10(11(17)18)20-9(16-8)7-14-12(19)13(2)5-3-4-6-15-13/h15H,3-7H2,1-2H3,(H,14,19)(H,17,18). The molecule has 1 aliphatic heterocycles. The van der Waals surface area contributed by atoms with Gasteiger partial charge in [-0.1, -0.05) is 0 Å². The lowest BCUT2D eigenvalue weighted by molar-refractivity contribution is -0.128. The first kappa shape index (κ1) is 14.9. The monoisotopic (exact) mass is 297 g/mol. The van der Waals surface area contributed by atoms with E-state index in [1.54, 1.807) is 6.92 Å². The van der Waals surface area contributed by atoms with E-state index in [1.165, 1.54) is 0 Å². The van der Waals surface area contributed by atoms with Crippen LogP contribution in [0.5, 0.6) is 0 Å². The average molecular weight is 297 g/mol. The third kappa shape index (κ3) is 3.16. The second-order valence-corrected chi connectivity index (χ2v) is 6.31. The molecule has 1 atom stereocenters. The minimum Gasteiger partial charge on any atom is -0.477 e. The smallest absolute Gasteiger partial charge is 0.347 e. The minimum atomic E-state index is -0.974. The Morgan fingerprint density at radius 2 is 2.25 bits per heavy atom. The number of carbonyl (C=O) groups excluding carboxylic acids is 1. The van der Waals surface area contributed by atoms with Crippen LogP contribution in [-0.4, -0.2) is 34.1 Å². The molecule has 1 saturated heterocycles. The maximum absolute atomic E-state index is 12.2. The Morgan fingerprint density at radius 3 is 2.80 bits per heavy atom. The molecule has 0 spiro atoms. The van der Waals surface area contributed by atoms with Crippen molar-refractivity contribution in [1.82, 2.24) is 15.6 Å². The number of aromatic nitrogens is 1. The molecule has 3 N–H and O–H groups in total. The molecule has 1 fully saturated rings. The van der Waals surface area contributed by atoms with E-state index >= 15 is 0 Å². The fraction of sp³-hybridized carbons (Fsp3) is 0.615. The molecular formula is C13H19N3O3S. The number of aromatic carboxylic acids is 1. The van der Waals surface area contributed by atoms with Crippen LogP contribution in [0.1, 0.15) is 46.6 Å². The maximum atomic E-state index is 12.2. The van der Waals surface area contributed by atoms with Gasteiger partial charge in [-0.2, -0.15) is 0 Å². The second kappa shape index (κ2) is 5.88. The van der Waals surface area contributed by atoms with Gasteiger partial charge in [0, 0.05) is 0 Å². The molecule has 0 aliphatic carbocycles. The molecule has 6 nitrogen and oxygen atoms in total. The van der Waals surface area contributed by atoms with Crippen molar-refractivity contribution < 1.29 is 14.7 Å². The number of carbonyl (C=O) groups is 2. The highest BCUT2D eigenvalue weighted by atomic mass is 32.1. The lowest BCUT2D eigenvalue weighted by atomic mass is 9.90. The third-order valence-electron chi connectivity index (χ3n) is 3.56. The van der Waals surface area contributed by atoms with Crippen LogP contribution >= 0.6 is 11.3 Å². The molecule has 1 aliphatic rings. The van der Waals surface area contributed by atoms with Crippen LogP contribution in [0.3, 0.4) is 0 Å². The van der Waals surface area contributed by atoms with E-state index in [0.29, 0.717) is 10.7 Å². The second-order valence-electron chi connectivity index (χ2n) is 5.23. The summed E-state index contributed by atoms with van der Waals surface area (Å²) in [6.07, 6.45) is 2.95. The molecule has 0 radical (unpaired) electrons. The number of aryl methyl sites for hydroxylation is 1. The number of carboxylic acid groups (broad SMARTS) is 1. The van der Waals surface area contributed by atoms with Gasteiger partial charge in [-0.25, -0.2) is 9.78 Å². The maximum Gasteiger partial charge on any atom is 0.347 e. The summed E-state index contributed by atoms with van der Waals surface area (Å²) in [6.45, 7) is 4.69. The van der Waals surface area contributed by atoms with Gasteiger partial charge in [0.25, 0.3) is 0 Å². The van der Waals surface area contributed by atoms with Gasteiger partial charge in [0.2, 0.25) is 5.91 Å². The SMILES string of the molecule is Cc1nc(CNC(=O)C2(C)CCCCN2)sc1C(=O)O. The summed E-state index contributed by atoms with van der Waals surface area (Å²) in [5.74, 6) is -1.03. The molecule has 2 heterocycles. The van der Waals surface area contributed by atoms with Gasteiger partial charge in [0.05, 0.1) is 17.8 Å². The fourth-order valence-corrected chi connectivity index (χ4v) is 3.17. The van der Waals surface area contributed by atoms with Crippen molar-refractivity contribution >= 4 is 23.2 Å². The largest absolute Gasteiger partial charge is 0.477 e. The Hall–Kier alpha value is -1.47. The first-order valence-corrected chi connectivity index (χ1v) is 7.47.